The summed E-state index contributed by atoms with van der Waals surface area (Å²) in [5.41, 5.74) is 1.79. The van der Waals surface area contributed by atoms with E-state index in [4.69, 9.17) is 0 Å². The summed E-state index contributed by atoms with van der Waals surface area (Å²) in [6.07, 6.45) is 0. The molecule has 0 aliphatic heterocycles. The molecule has 0 aromatic heterocycles. The molecule has 2 amide bonds. The predicted molar refractivity (Wildman–Crippen MR) is 85.9 cm³/mol. The number of carbonyl (C=O) groups excluding carboxylic acids is 2. The zero-order valence-corrected chi connectivity index (χ0v) is 12.8. The molecule has 1 N–H and O–H groups in total. The highest BCUT2D eigenvalue weighted by atomic mass is 16.2. The van der Waals surface area contributed by atoms with Gasteiger partial charge in [0, 0.05) is 20.5 Å². The van der Waals surface area contributed by atoms with E-state index in [2.05, 4.69) is 5.32 Å². The van der Waals surface area contributed by atoms with Gasteiger partial charge in [0.15, 0.2) is 0 Å². The Morgan fingerprint density at radius 3 is 2.05 bits per heavy atom. The zero-order valence-electron chi connectivity index (χ0n) is 12.8. The number of nitrogens with one attached hydrogen (secondary N) is 1. The Balaban J connectivity index is 2.37. The van der Waals surface area contributed by atoms with Gasteiger partial charge in [0.2, 0.25) is 11.8 Å². The average molecular weight is 296 g/mol. The van der Waals surface area contributed by atoms with Crippen LogP contribution < -0.4 is 5.32 Å². The van der Waals surface area contributed by atoms with Crippen LogP contribution in [0.1, 0.15) is 24.1 Å². The highest BCUT2D eigenvalue weighted by Crippen LogP contribution is 2.23. The van der Waals surface area contributed by atoms with Gasteiger partial charge in [-0.2, -0.15) is 0 Å². The third-order valence-electron chi connectivity index (χ3n) is 3.52. The van der Waals surface area contributed by atoms with E-state index in [0.29, 0.717) is 6.54 Å². The summed E-state index contributed by atoms with van der Waals surface area (Å²) in [7, 11) is 1.58. The van der Waals surface area contributed by atoms with Crippen molar-refractivity contribution in [2.75, 3.05) is 7.05 Å². The molecule has 0 spiro atoms. The molecule has 0 saturated carbocycles. The molecule has 114 valence electrons. The van der Waals surface area contributed by atoms with E-state index in [1.54, 1.807) is 11.9 Å². The van der Waals surface area contributed by atoms with Crippen molar-refractivity contribution >= 4 is 11.8 Å². The molecule has 0 aliphatic rings. The molecule has 4 heteroatoms. The van der Waals surface area contributed by atoms with Crippen LogP contribution in [-0.2, 0) is 16.1 Å². The number of nitrogens with zero attached hydrogens (tertiary/aromatic N) is 1. The largest absolute Gasteiger partial charge is 0.357 e. The molecule has 0 aliphatic carbocycles. The van der Waals surface area contributed by atoms with Crippen LogP contribution in [0.4, 0.5) is 0 Å². The van der Waals surface area contributed by atoms with Crippen LogP contribution in [-0.4, -0.2) is 23.8 Å². The maximum Gasteiger partial charge on any atom is 0.247 e. The van der Waals surface area contributed by atoms with Crippen molar-refractivity contribution < 1.29 is 9.59 Å². The van der Waals surface area contributed by atoms with E-state index in [1.165, 1.54) is 6.92 Å². The van der Waals surface area contributed by atoms with Gasteiger partial charge in [0.05, 0.1) is 0 Å². The molecule has 2 aromatic rings. The molecule has 22 heavy (non-hydrogen) atoms. The van der Waals surface area contributed by atoms with Crippen molar-refractivity contribution in [3.05, 3.63) is 71.8 Å². The van der Waals surface area contributed by atoms with Crippen LogP contribution in [0.3, 0.4) is 0 Å². The molecule has 0 radical (unpaired) electrons. The van der Waals surface area contributed by atoms with Gasteiger partial charge in [-0.1, -0.05) is 60.7 Å². The molecule has 0 fully saturated rings. The number of likely N-dealkylation sites (N-methyl/N-ethyl adjacent to an activating group) is 1. The zero-order chi connectivity index (χ0) is 15.9. The van der Waals surface area contributed by atoms with Crippen molar-refractivity contribution in [1.82, 2.24) is 10.2 Å². The number of benzene rings is 2. The molecule has 2 rings (SSSR count). The molecule has 0 saturated heterocycles. The van der Waals surface area contributed by atoms with Gasteiger partial charge in [0.1, 0.15) is 6.04 Å². The molecule has 0 heterocycles. The summed E-state index contributed by atoms with van der Waals surface area (Å²) in [5.74, 6) is -0.335. The summed E-state index contributed by atoms with van der Waals surface area (Å²) in [5, 5.41) is 2.65. The fourth-order valence-electron chi connectivity index (χ4n) is 2.41. The minimum atomic E-state index is -0.635. The summed E-state index contributed by atoms with van der Waals surface area (Å²) in [6, 6.07) is 18.4. The van der Waals surface area contributed by atoms with Gasteiger partial charge in [0.25, 0.3) is 0 Å². The van der Waals surface area contributed by atoms with Crippen LogP contribution in [0.15, 0.2) is 60.7 Å². The summed E-state index contributed by atoms with van der Waals surface area (Å²) in [6.45, 7) is 1.88. The van der Waals surface area contributed by atoms with Gasteiger partial charge >= 0.3 is 0 Å². The lowest BCUT2D eigenvalue weighted by Crippen LogP contribution is -2.41. The van der Waals surface area contributed by atoms with Gasteiger partial charge in [-0.25, -0.2) is 0 Å². The van der Waals surface area contributed by atoms with Crippen molar-refractivity contribution in [3.8, 4) is 0 Å². The fraction of sp³-hybridized carbons (Fsp3) is 0.222. The highest BCUT2D eigenvalue weighted by Gasteiger charge is 2.28. The Morgan fingerprint density at radius 1 is 1.00 bits per heavy atom. The standard InChI is InChI=1S/C18H20N2O2/c1-14(21)20(13-15-9-5-3-6-10-15)17(18(22)19-2)16-11-7-4-8-12-16/h3-12,17H,13H2,1-2H3,(H,19,22)/t17-/m0/s1. The van der Waals surface area contributed by atoms with Crippen molar-refractivity contribution in [1.29, 1.82) is 0 Å². The lowest BCUT2D eigenvalue weighted by atomic mass is 10.0. The molecule has 0 unspecified atom stereocenters. The maximum atomic E-state index is 12.3. The summed E-state index contributed by atoms with van der Waals surface area (Å²) < 4.78 is 0. The van der Waals surface area contributed by atoms with E-state index in [1.807, 2.05) is 60.7 Å². The quantitative estimate of drug-likeness (QED) is 0.921. The number of hydrogen-bond acceptors (Lipinski definition) is 2. The van der Waals surface area contributed by atoms with E-state index >= 15 is 0 Å². The topological polar surface area (TPSA) is 49.4 Å². The number of carbonyl (C=O) groups is 2. The molecule has 1 atom stereocenters. The van der Waals surface area contributed by atoms with E-state index < -0.39 is 6.04 Å². The Labute approximate surface area is 130 Å². The SMILES string of the molecule is CNC(=O)[C@H](c1ccccc1)N(Cc1ccccc1)C(C)=O. The van der Waals surface area contributed by atoms with Gasteiger partial charge in [-0.15, -0.1) is 0 Å². The van der Waals surface area contributed by atoms with Gasteiger partial charge in [-0.3, -0.25) is 9.59 Å². The smallest absolute Gasteiger partial charge is 0.247 e. The monoisotopic (exact) mass is 296 g/mol. The first-order valence-corrected chi connectivity index (χ1v) is 7.21. The van der Waals surface area contributed by atoms with E-state index in [9.17, 15) is 9.59 Å². The summed E-state index contributed by atoms with van der Waals surface area (Å²) in [4.78, 5) is 26.1. The van der Waals surface area contributed by atoms with Crippen molar-refractivity contribution in [2.45, 2.75) is 19.5 Å². The molecule has 2 aromatic carbocycles. The van der Waals surface area contributed by atoms with E-state index in [-0.39, 0.29) is 11.8 Å². The van der Waals surface area contributed by atoms with Crippen LogP contribution >= 0.6 is 0 Å². The van der Waals surface area contributed by atoms with Gasteiger partial charge < -0.3 is 10.2 Å². The number of amides is 2. The Bertz CT molecular complexity index is 626. The van der Waals surface area contributed by atoms with Crippen LogP contribution in [0, 0.1) is 0 Å². The minimum Gasteiger partial charge on any atom is -0.357 e. The molecule has 0 bridgehead atoms. The van der Waals surface area contributed by atoms with Crippen LogP contribution in [0.25, 0.3) is 0 Å². The minimum absolute atomic E-state index is 0.138. The Hall–Kier alpha value is -2.62. The number of hydrogen-bond donors (Lipinski definition) is 1. The maximum absolute atomic E-state index is 12.3. The second-order valence-electron chi connectivity index (χ2n) is 5.06. The van der Waals surface area contributed by atoms with Crippen LogP contribution in [0.2, 0.25) is 0 Å². The third kappa shape index (κ3) is 3.73. The van der Waals surface area contributed by atoms with E-state index in [0.717, 1.165) is 11.1 Å². The average Bonchev–Trinajstić information content (AvgIpc) is 2.55. The first-order chi connectivity index (χ1) is 10.6. The normalized spacial score (nSPS) is 11.5. The lowest BCUT2D eigenvalue weighted by molar-refractivity contribution is -0.139. The highest BCUT2D eigenvalue weighted by molar-refractivity contribution is 5.87. The third-order valence-corrected chi connectivity index (χ3v) is 3.52. The molecular weight excluding hydrogens is 276 g/mol. The number of rotatable bonds is 5. The second-order valence-corrected chi connectivity index (χ2v) is 5.06. The lowest BCUT2D eigenvalue weighted by Gasteiger charge is -2.30. The molecule has 4 nitrogen and oxygen atoms in total. The Morgan fingerprint density at radius 2 is 1.55 bits per heavy atom. The van der Waals surface area contributed by atoms with Gasteiger partial charge in [-0.05, 0) is 11.1 Å². The fourth-order valence-corrected chi connectivity index (χ4v) is 2.41. The second kappa shape index (κ2) is 7.41. The Kier molecular flexibility index (Phi) is 5.31. The van der Waals surface area contributed by atoms with Crippen molar-refractivity contribution in [2.24, 2.45) is 0 Å². The molecular formula is C18H20N2O2. The van der Waals surface area contributed by atoms with Crippen LogP contribution in [0.5, 0.6) is 0 Å². The van der Waals surface area contributed by atoms with Crippen molar-refractivity contribution in [3.63, 3.8) is 0 Å². The predicted octanol–water partition coefficient (Wildman–Crippen LogP) is 2.52. The first-order valence-electron chi connectivity index (χ1n) is 7.21. The summed E-state index contributed by atoms with van der Waals surface area (Å²) >= 11 is 0. The first kappa shape index (κ1) is 15.8.